The Kier molecular flexibility index (Phi) is 19.9. The minimum Gasteiger partial charge on any atom is -0.396 e. The molecule has 0 saturated heterocycles. The maximum absolute atomic E-state index is 8.72. The summed E-state index contributed by atoms with van der Waals surface area (Å²) in [6.07, 6.45) is 0. The average molecular weight is 411 g/mol. The third-order valence-electron chi connectivity index (χ3n) is 2.28. The Morgan fingerprint density at radius 1 is 0.750 bits per heavy atom. The molecule has 0 aliphatic rings. The van der Waals surface area contributed by atoms with Crippen LogP contribution < -0.4 is 0 Å². The van der Waals surface area contributed by atoms with E-state index in [9.17, 15) is 0 Å². The first-order valence-corrected chi connectivity index (χ1v) is 12.9. The fourth-order valence-corrected chi connectivity index (χ4v) is 7.27. The van der Waals surface area contributed by atoms with E-state index >= 15 is 0 Å². The van der Waals surface area contributed by atoms with E-state index in [2.05, 4.69) is 37.9 Å². The normalized spacial score (nSPS) is 14.4. The first-order valence-electron chi connectivity index (χ1n) is 6.60. The molecule has 0 saturated carbocycles. The second-order valence-electron chi connectivity index (χ2n) is 3.95. The number of hydrogen-bond donors (Lipinski definition) is 4. The number of hydrogen-bond acceptors (Lipinski definition) is 8. The molecule has 2 atom stereocenters. The van der Waals surface area contributed by atoms with Gasteiger partial charge in [-0.3, -0.25) is 0 Å². The van der Waals surface area contributed by atoms with Crippen molar-refractivity contribution in [1.29, 1.82) is 0 Å². The highest BCUT2D eigenvalue weighted by Gasteiger charge is 2.11. The van der Waals surface area contributed by atoms with Crippen molar-refractivity contribution in [2.45, 2.75) is 10.5 Å². The van der Waals surface area contributed by atoms with Gasteiger partial charge in [0, 0.05) is 56.5 Å². The summed E-state index contributed by atoms with van der Waals surface area (Å²) in [6, 6.07) is 0. The number of thioether (sulfide) groups is 4. The van der Waals surface area contributed by atoms with Crippen LogP contribution in [-0.2, 0) is 0 Å². The molecular formula is C12H26OS7. The molecular weight excluding hydrogens is 385 g/mol. The van der Waals surface area contributed by atoms with E-state index in [4.69, 9.17) is 5.11 Å². The van der Waals surface area contributed by atoms with Gasteiger partial charge in [0.1, 0.15) is 0 Å². The lowest BCUT2D eigenvalue weighted by Gasteiger charge is -2.17. The van der Waals surface area contributed by atoms with E-state index in [1.54, 1.807) is 0 Å². The van der Waals surface area contributed by atoms with Gasteiger partial charge in [-0.05, 0) is 5.75 Å². The SMILES string of the molecule is OCCSCCSC(CS)CSCC(CS)SCCS. The van der Waals surface area contributed by atoms with Crippen molar-refractivity contribution in [3.05, 3.63) is 0 Å². The Labute approximate surface area is 158 Å². The van der Waals surface area contributed by atoms with E-state index in [0.29, 0.717) is 10.5 Å². The zero-order chi connectivity index (χ0) is 15.1. The topological polar surface area (TPSA) is 20.2 Å². The van der Waals surface area contributed by atoms with E-state index in [0.717, 1.165) is 40.3 Å². The summed E-state index contributed by atoms with van der Waals surface area (Å²) in [4.78, 5) is 0. The average Bonchev–Trinajstić information content (AvgIpc) is 2.48. The van der Waals surface area contributed by atoms with Crippen molar-refractivity contribution in [2.24, 2.45) is 0 Å². The van der Waals surface area contributed by atoms with Crippen LogP contribution in [-0.4, -0.2) is 74.0 Å². The second-order valence-corrected chi connectivity index (χ2v) is 10.2. The molecule has 20 heavy (non-hydrogen) atoms. The highest BCUT2D eigenvalue weighted by atomic mass is 32.2. The molecule has 122 valence electrons. The fraction of sp³-hybridized carbons (Fsp3) is 1.00. The van der Waals surface area contributed by atoms with Crippen LogP contribution in [0.3, 0.4) is 0 Å². The van der Waals surface area contributed by atoms with Gasteiger partial charge in [-0.25, -0.2) is 0 Å². The molecule has 0 heterocycles. The van der Waals surface area contributed by atoms with Crippen molar-refractivity contribution in [3.63, 3.8) is 0 Å². The van der Waals surface area contributed by atoms with Gasteiger partial charge < -0.3 is 5.11 Å². The quantitative estimate of drug-likeness (QED) is 0.244. The van der Waals surface area contributed by atoms with Crippen LogP contribution in [0.2, 0.25) is 0 Å². The van der Waals surface area contributed by atoms with Gasteiger partial charge in [0.2, 0.25) is 0 Å². The number of thiol groups is 3. The molecule has 0 aromatic rings. The standard InChI is InChI=1S/C12H26OS7/c13-1-3-17-5-6-20-12(8-16)10-18-9-11(7-15)19-4-2-14/h11-16H,1-10H2. The molecule has 0 bridgehead atoms. The van der Waals surface area contributed by atoms with Crippen LogP contribution >= 0.6 is 84.9 Å². The Morgan fingerprint density at radius 2 is 1.35 bits per heavy atom. The molecule has 8 heteroatoms. The third kappa shape index (κ3) is 14.0. The molecule has 0 aromatic heterocycles. The maximum Gasteiger partial charge on any atom is 0.0521 e. The number of rotatable bonds is 15. The first kappa shape index (κ1) is 22.4. The van der Waals surface area contributed by atoms with E-state index < -0.39 is 0 Å². The maximum atomic E-state index is 8.72. The fourth-order valence-electron chi connectivity index (χ4n) is 1.30. The highest BCUT2D eigenvalue weighted by molar-refractivity contribution is 8.06. The smallest absolute Gasteiger partial charge is 0.0521 e. The predicted octanol–water partition coefficient (Wildman–Crippen LogP) is 3.44. The monoisotopic (exact) mass is 410 g/mol. The second kappa shape index (κ2) is 17.8. The van der Waals surface area contributed by atoms with Crippen molar-refractivity contribution in [3.8, 4) is 0 Å². The minimum absolute atomic E-state index is 0.288. The van der Waals surface area contributed by atoms with Gasteiger partial charge in [0.15, 0.2) is 0 Å². The highest BCUT2D eigenvalue weighted by Crippen LogP contribution is 2.23. The van der Waals surface area contributed by atoms with Crippen molar-refractivity contribution < 1.29 is 5.11 Å². The van der Waals surface area contributed by atoms with E-state index in [1.165, 1.54) is 11.5 Å². The molecule has 0 spiro atoms. The van der Waals surface area contributed by atoms with E-state index in [-0.39, 0.29) is 6.61 Å². The molecule has 0 fully saturated rings. The van der Waals surface area contributed by atoms with Crippen LogP contribution in [0, 0.1) is 0 Å². The molecule has 0 radical (unpaired) electrons. The predicted molar refractivity (Wildman–Crippen MR) is 116 cm³/mol. The summed E-state index contributed by atoms with van der Waals surface area (Å²) in [5, 5.41) is 9.99. The first-order chi connectivity index (χ1) is 9.78. The van der Waals surface area contributed by atoms with Gasteiger partial charge in [-0.1, -0.05) is 0 Å². The van der Waals surface area contributed by atoms with Gasteiger partial charge in [0.25, 0.3) is 0 Å². The zero-order valence-electron chi connectivity index (χ0n) is 11.6. The Bertz CT molecular complexity index is 197. The van der Waals surface area contributed by atoms with Crippen molar-refractivity contribution >= 4 is 84.9 Å². The molecule has 1 nitrogen and oxygen atoms in total. The van der Waals surface area contributed by atoms with Gasteiger partial charge >= 0.3 is 0 Å². The van der Waals surface area contributed by atoms with Crippen LogP contribution in [0.15, 0.2) is 0 Å². The summed E-state index contributed by atoms with van der Waals surface area (Å²) in [5.74, 6) is 9.42. The van der Waals surface area contributed by atoms with Crippen molar-refractivity contribution in [1.82, 2.24) is 0 Å². The third-order valence-corrected chi connectivity index (χ3v) is 9.59. The molecule has 0 amide bonds. The summed E-state index contributed by atoms with van der Waals surface area (Å²) >= 11 is 21.0. The van der Waals surface area contributed by atoms with Crippen molar-refractivity contribution in [2.75, 3.05) is 58.4 Å². The lowest BCUT2D eigenvalue weighted by atomic mass is 10.5. The van der Waals surface area contributed by atoms with Gasteiger partial charge in [-0.2, -0.15) is 84.9 Å². The van der Waals surface area contributed by atoms with Crippen LogP contribution in [0.25, 0.3) is 0 Å². The van der Waals surface area contributed by atoms with Gasteiger partial charge in [0.05, 0.1) is 6.61 Å². The largest absolute Gasteiger partial charge is 0.396 e. The van der Waals surface area contributed by atoms with E-state index in [1.807, 2.05) is 47.0 Å². The lowest BCUT2D eigenvalue weighted by molar-refractivity contribution is 0.322. The van der Waals surface area contributed by atoms with Gasteiger partial charge in [-0.15, -0.1) is 0 Å². The molecule has 2 unspecified atom stereocenters. The Morgan fingerprint density at radius 3 is 1.85 bits per heavy atom. The van der Waals surface area contributed by atoms with Crippen LogP contribution in [0.5, 0.6) is 0 Å². The number of aliphatic hydroxyl groups excluding tert-OH is 1. The molecule has 0 aromatic carbocycles. The lowest BCUT2D eigenvalue weighted by Crippen LogP contribution is -2.15. The number of aliphatic hydroxyl groups is 1. The summed E-state index contributed by atoms with van der Waals surface area (Å²) < 4.78 is 0. The Balaban J connectivity index is 3.61. The molecule has 0 aliphatic heterocycles. The molecule has 1 N–H and O–H groups in total. The summed E-state index contributed by atoms with van der Waals surface area (Å²) in [5.41, 5.74) is 0. The minimum atomic E-state index is 0.288. The molecule has 0 rings (SSSR count). The van der Waals surface area contributed by atoms with Crippen LogP contribution in [0.1, 0.15) is 0 Å². The summed E-state index contributed by atoms with van der Waals surface area (Å²) in [7, 11) is 0. The zero-order valence-corrected chi connectivity index (χ0v) is 17.6. The Hall–Kier alpha value is 2.41. The van der Waals surface area contributed by atoms with Crippen LogP contribution in [0.4, 0.5) is 0 Å². The summed E-state index contributed by atoms with van der Waals surface area (Å²) in [6.45, 7) is 0.288. The molecule has 0 aliphatic carbocycles.